The molecule has 0 spiro atoms. The van der Waals surface area contributed by atoms with Crippen molar-refractivity contribution in [3.8, 4) is 5.75 Å². The average molecular weight is 605 g/mol. The number of aromatic nitrogens is 2. The average Bonchev–Trinajstić information content (AvgIpc) is 3.79. The Bertz CT molecular complexity index is 1630. The molecular formula is C40H41BN2OSi. The first kappa shape index (κ1) is 30.4. The van der Waals surface area contributed by atoms with Crippen molar-refractivity contribution in [1.29, 1.82) is 0 Å². The molecule has 1 aliphatic rings. The van der Waals surface area contributed by atoms with Crippen molar-refractivity contribution in [1.82, 2.24) is 9.55 Å². The summed E-state index contributed by atoms with van der Waals surface area (Å²) in [7, 11) is -0.871. The van der Waals surface area contributed by atoms with Gasteiger partial charge in [0.1, 0.15) is 5.75 Å². The van der Waals surface area contributed by atoms with Crippen LogP contribution in [0.5, 0.6) is 5.75 Å². The van der Waals surface area contributed by atoms with E-state index in [-0.39, 0.29) is 5.16 Å². The van der Waals surface area contributed by atoms with E-state index in [0.29, 0.717) is 6.71 Å². The predicted octanol–water partition coefficient (Wildman–Crippen LogP) is 6.38. The summed E-state index contributed by atoms with van der Waals surface area (Å²) < 4.78 is 8.20. The van der Waals surface area contributed by atoms with Gasteiger partial charge < -0.3 is 9.30 Å². The van der Waals surface area contributed by atoms with Gasteiger partial charge in [0.25, 0.3) is 0 Å². The molecule has 1 fully saturated rings. The van der Waals surface area contributed by atoms with Crippen LogP contribution in [-0.4, -0.2) is 32.4 Å². The Labute approximate surface area is 270 Å². The molecule has 5 heteroatoms. The van der Waals surface area contributed by atoms with Gasteiger partial charge in [0.05, 0.1) is 27.6 Å². The maximum absolute atomic E-state index is 5.92. The molecule has 1 aliphatic carbocycles. The molecule has 1 aromatic heterocycles. The minimum Gasteiger partial charge on any atom is -0.494 e. The molecule has 224 valence electrons. The monoisotopic (exact) mass is 604 g/mol. The Morgan fingerprint density at radius 2 is 1.29 bits per heavy atom. The third kappa shape index (κ3) is 7.38. The van der Waals surface area contributed by atoms with E-state index in [4.69, 9.17) is 4.74 Å². The Kier molecular flexibility index (Phi) is 10.1. The predicted molar refractivity (Wildman–Crippen MR) is 193 cm³/mol. The van der Waals surface area contributed by atoms with Crippen LogP contribution in [0.3, 0.4) is 0 Å². The van der Waals surface area contributed by atoms with Gasteiger partial charge in [0.2, 0.25) is 6.71 Å². The SMILES string of the molecule is CCCOc1cccc([SiH2]C(c2ccccc2)(c2ccccc2)n2ccnc2)c1.c1ccc(B(c2ccccc2)C2CC2)cc1. The molecule has 1 saturated carbocycles. The van der Waals surface area contributed by atoms with Crippen molar-refractivity contribution in [2.24, 2.45) is 0 Å². The Morgan fingerprint density at radius 1 is 0.733 bits per heavy atom. The molecule has 0 amide bonds. The summed E-state index contributed by atoms with van der Waals surface area (Å²) in [5.41, 5.74) is 5.51. The first-order valence-electron chi connectivity index (χ1n) is 16.2. The largest absolute Gasteiger partial charge is 0.494 e. The highest BCUT2D eigenvalue weighted by atomic mass is 28.2. The molecule has 0 radical (unpaired) electrons. The summed E-state index contributed by atoms with van der Waals surface area (Å²) in [6, 6.07) is 52.0. The lowest BCUT2D eigenvalue weighted by Crippen LogP contribution is -2.46. The molecule has 0 atom stereocenters. The quantitative estimate of drug-likeness (QED) is 0.161. The van der Waals surface area contributed by atoms with E-state index >= 15 is 0 Å². The van der Waals surface area contributed by atoms with Crippen molar-refractivity contribution in [2.75, 3.05) is 6.61 Å². The first-order chi connectivity index (χ1) is 22.3. The Morgan fingerprint density at radius 3 is 1.78 bits per heavy atom. The van der Waals surface area contributed by atoms with E-state index in [2.05, 4.69) is 168 Å². The maximum atomic E-state index is 5.92. The van der Waals surface area contributed by atoms with E-state index in [0.717, 1.165) is 24.6 Å². The van der Waals surface area contributed by atoms with Gasteiger partial charge in [-0.2, -0.15) is 0 Å². The fourth-order valence-electron chi connectivity index (χ4n) is 6.42. The molecule has 0 saturated heterocycles. The van der Waals surface area contributed by atoms with Gasteiger partial charge in [0, 0.05) is 12.4 Å². The van der Waals surface area contributed by atoms with Gasteiger partial charge in [-0.3, -0.25) is 0 Å². The summed E-state index contributed by atoms with van der Waals surface area (Å²) in [5, 5.41) is 1.10. The molecule has 7 rings (SSSR count). The second kappa shape index (κ2) is 14.9. The fraction of sp³-hybridized carbons (Fsp3) is 0.175. The highest BCUT2D eigenvalue weighted by Gasteiger charge is 2.37. The van der Waals surface area contributed by atoms with Crippen molar-refractivity contribution >= 4 is 32.3 Å². The third-order valence-corrected chi connectivity index (χ3v) is 11.2. The lowest BCUT2D eigenvalue weighted by atomic mass is 9.37. The number of hydrogen-bond donors (Lipinski definition) is 0. The van der Waals surface area contributed by atoms with Crippen LogP contribution in [0.1, 0.15) is 37.3 Å². The molecule has 0 bridgehead atoms. The van der Waals surface area contributed by atoms with Crippen LogP contribution in [0.4, 0.5) is 0 Å². The van der Waals surface area contributed by atoms with Crippen LogP contribution in [0, 0.1) is 0 Å². The van der Waals surface area contributed by atoms with Crippen LogP contribution >= 0.6 is 0 Å². The maximum Gasteiger partial charge on any atom is 0.212 e. The van der Waals surface area contributed by atoms with Gasteiger partial charge in [0.15, 0.2) is 0 Å². The second-order valence-electron chi connectivity index (χ2n) is 11.9. The van der Waals surface area contributed by atoms with E-state index in [1.165, 1.54) is 40.1 Å². The van der Waals surface area contributed by atoms with Gasteiger partial charge in [-0.15, -0.1) is 0 Å². The smallest absolute Gasteiger partial charge is 0.212 e. The molecule has 3 nitrogen and oxygen atoms in total. The molecule has 0 N–H and O–H groups in total. The minimum atomic E-state index is -0.871. The van der Waals surface area contributed by atoms with Crippen molar-refractivity contribution in [3.63, 3.8) is 0 Å². The zero-order valence-corrected chi connectivity index (χ0v) is 27.5. The first-order valence-corrected chi connectivity index (χ1v) is 17.6. The number of nitrogens with zero attached hydrogens (tertiary/aromatic N) is 2. The fourth-order valence-corrected chi connectivity index (χ4v) is 8.82. The van der Waals surface area contributed by atoms with Crippen molar-refractivity contribution in [3.05, 3.63) is 175 Å². The van der Waals surface area contributed by atoms with E-state index < -0.39 is 9.52 Å². The topological polar surface area (TPSA) is 27.1 Å². The summed E-state index contributed by atoms with van der Waals surface area (Å²) in [6.45, 7) is 3.49. The molecule has 0 aliphatic heterocycles. The zero-order chi connectivity index (χ0) is 30.7. The summed E-state index contributed by atoms with van der Waals surface area (Å²) >= 11 is 0. The van der Waals surface area contributed by atoms with Crippen molar-refractivity contribution < 1.29 is 4.74 Å². The normalized spacial score (nSPS) is 12.8. The number of ether oxygens (including phenoxy) is 1. The van der Waals surface area contributed by atoms with Gasteiger partial charge in [-0.25, -0.2) is 4.98 Å². The summed E-state index contributed by atoms with van der Waals surface area (Å²) in [4.78, 5) is 4.40. The lowest BCUT2D eigenvalue weighted by molar-refractivity contribution is 0.317. The number of benzene rings is 5. The van der Waals surface area contributed by atoms with Gasteiger partial charge in [-0.1, -0.05) is 175 Å². The van der Waals surface area contributed by atoms with E-state index in [9.17, 15) is 0 Å². The van der Waals surface area contributed by atoms with Crippen LogP contribution < -0.4 is 20.8 Å². The molecule has 6 aromatic rings. The third-order valence-electron chi connectivity index (χ3n) is 8.69. The molecule has 0 unspecified atom stereocenters. The highest BCUT2D eigenvalue weighted by Crippen LogP contribution is 2.38. The molecule has 45 heavy (non-hydrogen) atoms. The molecular weight excluding hydrogens is 563 g/mol. The van der Waals surface area contributed by atoms with Crippen LogP contribution in [0.25, 0.3) is 0 Å². The molecule has 1 heterocycles. The van der Waals surface area contributed by atoms with E-state index in [1.54, 1.807) is 0 Å². The lowest BCUT2D eigenvalue weighted by Gasteiger charge is -2.37. The number of imidazole rings is 1. The van der Waals surface area contributed by atoms with Crippen LogP contribution in [-0.2, 0) is 5.16 Å². The number of rotatable bonds is 11. The number of hydrogen-bond acceptors (Lipinski definition) is 2. The standard InChI is InChI=1S/C25H26N2OSi.C15H15B/c1-2-18-28-23-14-9-15-24(19-23)29-25(27-17-16-26-20-27,21-10-5-3-6-11-21)22-12-7-4-8-13-22;1-3-7-13(8-4-1)16(15-11-12-15)14-9-5-2-6-10-14/h3-17,19-20H,2,18,29H2,1H3;1-10,15H,11-12H2. The van der Waals surface area contributed by atoms with Crippen molar-refractivity contribution in [2.45, 2.75) is 37.2 Å². The Hall–Kier alpha value is -4.61. The van der Waals surface area contributed by atoms with Gasteiger partial charge in [-0.05, 0) is 29.7 Å². The second-order valence-corrected chi connectivity index (χ2v) is 14.1. The Balaban J connectivity index is 0.000000187. The van der Waals surface area contributed by atoms with Crippen LogP contribution in [0.15, 0.2) is 164 Å². The van der Waals surface area contributed by atoms with Gasteiger partial charge >= 0.3 is 0 Å². The summed E-state index contributed by atoms with van der Waals surface area (Å²) in [6.07, 6.45) is 9.68. The van der Waals surface area contributed by atoms with Crippen LogP contribution in [0.2, 0.25) is 5.82 Å². The zero-order valence-electron chi connectivity index (χ0n) is 26.1. The molecule has 5 aromatic carbocycles. The summed E-state index contributed by atoms with van der Waals surface area (Å²) in [5.74, 6) is 1.82. The minimum absolute atomic E-state index is 0.262. The highest BCUT2D eigenvalue weighted by molar-refractivity contribution is 6.86. The van der Waals surface area contributed by atoms with E-state index in [1.807, 2.05) is 12.5 Å².